The lowest BCUT2D eigenvalue weighted by Gasteiger charge is -2.30. The van der Waals surface area contributed by atoms with Gasteiger partial charge in [0.1, 0.15) is 11.4 Å². The van der Waals surface area contributed by atoms with Gasteiger partial charge in [-0.15, -0.1) is 0 Å². The molecular weight excluding hydrogens is 502 g/mol. The van der Waals surface area contributed by atoms with E-state index >= 15 is 0 Å². The normalized spacial score (nSPS) is 23.8. The predicted molar refractivity (Wildman–Crippen MR) is 134 cm³/mol. The van der Waals surface area contributed by atoms with Gasteiger partial charge < -0.3 is 15.0 Å². The largest absolute Gasteiger partial charge is 0.425 e. The average Bonchev–Trinajstić information content (AvgIpc) is 3.32. The first-order valence-corrected chi connectivity index (χ1v) is 14.4. The molecule has 0 bridgehead atoms. The zero-order valence-electron chi connectivity index (χ0n) is 20.2. The molecule has 1 saturated heterocycles. The Morgan fingerprint density at radius 1 is 1.25 bits per heavy atom. The molecule has 36 heavy (non-hydrogen) atoms. The number of hydrogen-bond donors (Lipinski definition) is 1. The Bertz CT molecular complexity index is 1290. The molecule has 2 aromatic rings. The molecule has 0 radical (unpaired) electrons. The first kappa shape index (κ1) is 24.9. The number of carbonyl (C=O) groups excluding carboxylic acids is 1. The van der Waals surface area contributed by atoms with Crippen LogP contribution in [0.5, 0.6) is 0 Å². The number of nitriles is 1. The Hall–Kier alpha value is -2.77. The van der Waals surface area contributed by atoms with Crippen molar-refractivity contribution in [2.24, 2.45) is 0 Å². The van der Waals surface area contributed by atoms with E-state index in [0.717, 1.165) is 37.2 Å². The van der Waals surface area contributed by atoms with Crippen molar-refractivity contribution in [3.63, 3.8) is 0 Å². The van der Waals surface area contributed by atoms with Crippen molar-refractivity contribution in [1.29, 1.82) is 5.26 Å². The Balaban J connectivity index is 1.46. The Labute approximate surface area is 216 Å². The van der Waals surface area contributed by atoms with Crippen LogP contribution in [-0.2, 0) is 14.6 Å². The second-order valence-electron chi connectivity index (χ2n) is 10.0. The maximum absolute atomic E-state index is 13.6. The molecule has 2 atom stereocenters. The minimum absolute atomic E-state index is 0.0695. The van der Waals surface area contributed by atoms with Crippen LogP contribution in [0, 0.1) is 18.3 Å². The van der Waals surface area contributed by atoms with Gasteiger partial charge in [-0.05, 0) is 44.7 Å². The molecule has 1 aromatic carbocycles. The zero-order valence-corrected chi connectivity index (χ0v) is 21.8. The van der Waals surface area contributed by atoms with E-state index in [1.807, 2.05) is 22.6 Å². The molecule has 2 saturated carbocycles. The number of rotatable bonds is 6. The number of sulfone groups is 1. The summed E-state index contributed by atoms with van der Waals surface area (Å²) in [4.78, 5) is 14.7. The molecule has 1 aromatic heterocycles. The lowest BCUT2D eigenvalue weighted by Crippen LogP contribution is -2.42. The van der Waals surface area contributed by atoms with Crippen molar-refractivity contribution >= 4 is 33.3 Å². The molecule has 3 fully saturated rings. The van der Waals surface area contributed by atoms with E-state index in [2.05, 4.69) is 11.4 Å². The summed E-state index contributed by atoms with van der Waals surface area (Å²) in [5.41, 5.74) is -0.0677. The highest BCUT2D eigenvalue weighted by molar-refractivity contribution is 7.92. The standard InChI is InChI=1S/C25H30ClN5O4S/c1-17-13-22(31(29-17)18-7-3-2-4-8-18)30-15-19(36(33,34)21-10-6-5-9-20(21)26)14-23(30)35-24(32)28-25(16-27)11-12-25/h5-6,9-10,13,18-19,23H,2-4,7-8,11-12,14-15H2,1H3,(H,28,32)/t19-,23+/m1/s1. The van der Waals surface area contributed by atoms with Crippen molar-refractivity contribution in [3.05, 3.63) is 41.0 Å². The average molecular weight is 532 g/mol. The number of benzene rings is 1. The molecule has 3 aliphatic rings. The summed E-state index contributed by atoms with van der Waals surface area (Å²) < 4.78 is 35.0. The molecule has 1 amide bonds. The molecule has 2 aliphatic carbocycles. The topological polar surface area (TPSA) is 117 Å². The number of alkyl carbamates (subject to hydrolysis) is 1. The number of nitrogens with one attached hydrogen (secondary N) is 1. The van der Waals surface area contributed by atoms with Gasteiger partial charge in [0.2, 0.25) is 0 Å². The van der Waals surface area contributed by atoms with Gasteiger partial charge in [-0.2, -0.15) is 10.4 Å². The Morgan fingerprint density at radius 3 is 2.64 bits per heavy atom. The number of aromatic nitrogens is 2. The molecule has 1 aliphatic heterocycles. The summed E-state index contributed by atoms with van der Waals surface area (Å²) in [6, 6.07) is 10.6. The van der Waals surface area contributed by atoms with Crippen LogP contribution in [0.1, 0.15) is 63.1 Å². The van der Waals surface area contributed by atoms with Crippen molar-refractivity contribution in [1.82, 2.24) is 15.1 Å². The fraction of sp³-hybridized carbons (Fsp3) is 0.560. The van der Waals surface area contributed by atoms with Crippen LogP contribution in [0.2, 0.25) is 5.02 Å². The number of ether oxygens (including phenoxy) is 1. The summed E-state index contributed by atoms with van der Waals surface area (Å²) in [7, 11) is -3.80. The highest BCUT2D eigenvalue weighted by Gasteiger charge is 2.48. The summed E-state index contributed by atoms with van der Waals surface area (Å²) in [5, 5.41) is 16.1. The first-order chi connectivity index (χ1) is 17.2. The van der Waals surface area contributed by atoms with Gasteiger partial charge in [-0.3, -0.25) is 0 Å². The third-order valence-electron chi connectivity index (χ3n) is 7.40. The lowest BCUT2D eigenvalue weighted by atomic mass is 9.96. The van der Waals surface area contributed by atoms with Crippen LogP contribution in [0.25, 0.3) is 0 Å². The van der Waals surface area contributed by atoms with E-state index < -0.39 is 32.9 Å². The van der Waals surface area contributed by atoms with E-state index in [4.69, 9.17) is 21.4 Å². The van der Waals surface area contributed by atoms with E-state index in [1.165, 1.54) is 12.5 Å². The van der Waals surface area contributed by atoms with Crippen LogP contribution in [-0.4, -0.2) is 47.9 Å². The summed E-state index contributed by atoms with van der Waals surface area (Å²) in [5.74, 6) is 0.746. The summed E-state index contributed by atoms with van der Waals surface area (Å²) in [6.45, 7) is 2.04. The second kappa shape index (κ2) is 9.60. The van der Waals surface area contributed by atoms with E-state index in [9.17, 15) is 18.5 Å². The molecule has 1 N–H and O–H groups in total. The monoisotopic (exact) mass is 531 g/mol. The van der Waals surface area contributed by atoms with E-state index in [1.54, 1.807) is 18.2 Å². The van der Waals surface area contributed by atoms with Gasteiger partial charge >= 0.3 is 6.09 Å². The number of hydrogen-bond acceptors (Lipinski definition) is 7. The number of aryl methyl sites for hydroxylation is 1. The summed E-state index contributed by atoms with van der Waals surface area (Å²) >= 11 is 6.25. The van der Waals surface area contributed by atoms with Crippen molar-refractivity contribution < 1.29 is 17.9 Å². The van der Waals surface area contributed by atoms with Crippen LogP contribution in [0.15, 0.2) is 35.2 Å². The molecule has 0 spiro atoms. The van der Waals surface area contributed by atoms with Gasteiger partial charge in [-0.25, -0.2) is 17.9 Å². The van der Waals surface area contributed by atoms with Crippen molar-refractivity contribution in [2.45, 2.75) is 86.2 Å². The van der Waals surface area contributed by atoms with Gasteiger partial charge in [0.05, 0.1) is 33.0 Å². The number of nitrogens with zero attached hydrogens (tertiary/aromatic N) is 4. The fourth-order valence-corrected chi connectivity index (χ4v) is 7.45. The first-order valence-electron chi connectivity index (χ1n) is 12.4. The minimum atomic E-state index is -3.80. The molecule has 0 unspecified atom stereocenters. The zero-order chi connectivity index (χ0) is 25.5. The second-order valence-corrected chi connectivity index (χ2v) is 12.6. The molecule has 5 rings (SSSR count). The molecule has 2 heterocycles. The number of anilines is 1. The number of halogens is 1. The lowest BCUT2D eigenvalue weighted by molar-refractivity contribution is 0.0992. The van der Waals surface area contributed by atoms with Gasteiger partial charge in [0.25, 0.3) is 0 Å². The van der Waals surface area contributed by atoms with Crippen LogP contribution < -0.4 is 10.2 Å². The van der Waals surface area contributed by atoms with E-state index in [0.29, 0.717) is 12.8 Å². The Kier molecular flexibility index (Phi) is 6.64. The quantitative estimate of drug-likeness (QED) is 0.582. The maximum Gasteiger partial charge on any atom is 0.410 e. The smallest absolute Gasteiger partial charge is 0.410 e. The molecule has 11 heteroatoms. The molecule has 192 valence electrons. The van der Waals surface area contributed by atoms with Crippen LogP contribution in [0.3, 0.4) is 0 Å². The van der Waals surface area contributed by atoms with Crippen molar-refractivity contribution in [3.8, 4) is 6.07 Å². The highest BCUT2D eigenvalue weighted by Crippen LogP contribution is 2.39. The Morgan fingerprint density at radius 2 is 1.97 bits per heavy atom. The molecule has 9 nitrogen and oxygen atoms in total. The van der Waals surface area contributed by atoms with Crippen LogP contribution >= 0.6 is 11.6 Å². The van der Waals surface area contributed by atoms with Gasteiger partial charge in [0.15, 0.2) is 16.1 Å². The number of carbonyl (C=O) groups is 1. The fourth-order valence-electron chi connectivity index (χ4n) is 5.25. The third-order valence-corrected chi connectivity index (χ3v) is 10.0. The number of amides is 1. The maximum atomic E-state index is 13.6. The molecular formula is C25H30ClN5O4S. The SMILES string of the molecule is Cc1cc(N2C[C@H](S(=O)(=O)c3ccccc3Cl)C[C@@H]2OC(=O)NC2(C#N)CC2)n(C2CCCCC2)n1. The predicted octanol–water partition coefficient (Wildman–Crippen LogP) is 4.51. The van der Waals surface area contributed by atoms with Crippen LogP contribution in [0.4, 0.5) is 10.6 Å². The van der Waals surface area contributed by atoms with Gasteiger partial charge in [-0.1, -0.05) is 43.0 Å². The van der Waals surface area contributed by atoms with Gasteiger partial charge in [0, 0.05) is 19.0 Å². The summed E-state index contributed by atoms with van der Waals surface area (Å²) in [6.07, 6.45) is 5.10. The minimum Gasteiger partial charge on any atom is -0.425 e. The van der Waals surface area contributed by atoms with E-state index in [-0.39, 0.29) is 28.9 Å². The third kappa shape index (κ3) is 4.78. The highest BCUT2D eigenvalue weighted by atomic mass is 35.5. The van der Waals surface area contributed by atoms with Crippen molar-refractivity contribution in [2.75, 3.05) is 11.4 Å².